The van der Waals surface area contributed by atoms with E-state index >= 15 is 0 Å². The quantitative estimate of drug-likeness (QED) is 0.811. The molecule has 6 heteroatoms. The van der Waals surface area contributed by atoms with Gasteiger partial charge in [-0.2, -0.15) is 0 Å². The minimum atomic E-state index is -3.57. The van der Waals surface area contributed by atoms with Crippen molar-refractivity contribution in [2.24, 2.45) is 5.73 Å². The topological polar surface area (TPSA) is 72.2 Å². The molecule has 0 atom stereocenters. The molecule has 0 aliphatic heterocycles. The third kappa shape index (κ3) is 3.73. The Labute approximate surface area is 126 Å². The number of hydrogen-bond acceptors (Lipinski definition) is 3. The zero-order chi connectivity index (χ0) is 15.4. The van der Waals surface area contributed by atoms with Crippen LogP contribution in [0.3, 0.4) is 0 Å². The summed E-state index contributed by atoms with van der Waals surface area (Å²) in [5, 5.41) is 0.485. The van der Waals surface area contributed by atoms with Crippen molar-refractivity contribution in [2.45, 2.75) is 57.0 Å². The third-order valence-corrected chi connectivity index (χ3v) is 5.87. The molecule has 1 aromatic rings. The van der Waals surface area contributed by atoms with Crippen molar-refractivity contribution in [1.82, 2.24) is 4.72 Å². The largest absolute Gasteiger partial charge is 0.326 e. The highest BCUT2D eigenvalue weighted by molar-refractivity contribution is 7.89. The SMILES string of the molecule is CCC(CC)(CC)NS(=O)(=O)c1ccc(Cl)c(CN)c1. The van der Waals surface area contributed by atoms with Gasteiger partial charge in [0, 0.05) is 17.1 Å². The van der Waals surface area contributed by atoms with E-state index in [-0.39, 0.29) is 11.4 Å². The molecular formula is C14H23ClN2O2S. The molecule has 114 valence electrons. The smallest absolute Gasteiger partial charge is 0.241 e. The lowest BCUT2D eigenvalue weighted by molar-refractivity contribution is 0.341. The van der Waals surface area contributed by atoms with Gasteiger partial charge in [-0.05, 0) is 43.0 Å². The summed E-state index contributed by atoms with van der Waals surface area (Å²) in [5.74, 6) is 0. The Kier molecular flexibility index (Phi) is 6.01. The van der Waals surface area contributed by atoms with E-state index in [0.29, 0.717) is 10.6 Å². The second kappa shape index (κ2) is 6.89. The minimum Gasteiger partial charge on any atom is -0.326 e. The summed E-state index contributed by atoms with van der Waals surface area (Å²) in [6.07, 6.45) is 2.24. The normalized spacial score (nSPS) is 12.7. The predicted octanol–water partition coefficient (Wildman–Crippen LogP) is 3.05. The van der Waals surface area contributed by atoms with Crippen molar-refractivity contribution >= 4 is 21.6 Å². The Bertz CT molecular complexity index is 546. The number of nitrogens with two attached hydrogens (primary N) is 1. The molecule has 0 heterocycles. The minimum absolute atomic E-state index is 0.210. The summed E-state index contributed by atoms with van der Waals surface area (Å²) in [4.78, 5) is 0.210. The molecule has 0 radical (unpaired) electrons. The molecule has 0 aliphatic carbocycles. The first-order chi connectivity index (χ1) is 9.34. The van der Waals surface area contributed by atoms with E-state index in [4.69, 9.17) is 17.3 Å². The van der Waals surface area contributed by atoms with Gasteiger partial charge >= 0.3 is 0 Å². The zero-order valence-corrected chi connectivity index (χ0v) is 13.8. The van der Waals surface area contributed by atoms with E-state index in [1.807, 2.05) is 20.8 Å². The fraction of sp³-hybridized carbons (Fsp3) is 0.571. The maximum Gasteiger partial charge on any atom is 0.241 e. The molecule has 4 nitrogen and oxygen atoms in total. The monoisotopic (exact) mass is 318 g/mol. The maximum atomic E-state index is 12.5. The van der Waals surface area contributed by atoms with Crippen molar-refractivity contribution in [3.63, 3.8) is 0 Å². The Morgan fingerprint density at radius 1 is 1.20 bits per heavy atom. The molecule has 0 saturated heterocycles. The predicted molar refractivity (Wildman–Crippen MR) is 83.3 cm³/mol. The Balaban J connectivity index is 3.17. The van der Waals surface area contributed by atoms with Gasteiger partial charge < -0.3 is 5.73 Å². The molecule has 0 aromatic heterocycles. The lowest BCUT2D eigenvalue weighted by Crippen LogP contribution is -2.46. The van der Waals surface area contributed by atoms with Crippen LogP contribution in [0.2, 0.25) is 5.02 Å². The third-order valence-electron chi connectivity index (χ3n) is 3.93. The highest BCUT2D eigenvalue weighted by Crippen LogP contribution is 2.25. The van der Waals surface area contributed by atoms with Crippen molar-refractivity contribution in [3.05, 3.63) is 28.8 Å². The Morgan fingerprint density at radius 3 is 2.20 bits per heavy atom. The molecular weight excluding hydrogens is 296 g/mol. The van der Waals surface area contributed by atoms with E-state index < -0.39 is 15.6 Å². The van der Waals surface area contributed by atoms with Crippen molar-refractivity contribution < 1.29 is 8.42 Å². The van der Waals surface area contributed by atoms with Crippen molar-refractivity contribution in [3.8, 4) is 0 Å². The molecule has 1 rings (SSSR count). The first-order valence-corrected chi connectivity index (χ1v) is 8.72. The average Bonchev–Trinajstić information content (AvgIpc) is 2.45. The molecule has 1 aromatic carbocycles. The summed E-state index contributed by atoms with van der Waals surface area (Å²) in [6, 6.07) is 4.62. The van der Waals surface area contributed by atoms with E-state index in [0.717, 1.165) is 19.3 Å². The summed E-state index contributed by atoms with van der Waals surface area (Å²) in [5.41, 5.74) is 5.80. The van der Waals surface area contributed by atoms with E-state index in [1.165, 1.54) is 12.1 Å². The van der Waals surface area contributed by atoms with Crippen LogP contribution in [0.4, 0.5) is 0 Å². The van der Waals surface area contributed by atoms with Gasteiger partial charge in [0.15, 0.2) is 0 Å². The van der Waals surface area contributed by atoms with Crippen LogP contribution in [0.1, 0.15) is 45.6 Å². The lowest BCUT2D eigenvalue weighted by Gasteiger charge is -2.31. The highest BCUT2D eigenvalue weighted by atomic mass is 35.5. The van der Waals surface area contributed by atoms with Crippen LogP contribution < -0.4 is 10.5 Å². The maximum absolute atomic E-state index is 12.5. The van der Waals surface area contributed by atoms with E-state index in [1.54, 1.807) is 6.07 Å². The molecule has 0 amide bonds. The number of halogens is 1. The van der Waals surface area contributed by atoms with Crippen LogP contribution in [0, 0.1) is 0 Å². The Morgan fingerprint density at radius 2 is 1.75 bits per heavy atom. The van der Waals surface area contributed by atoms with Crippen LogP contribution in [-0.2, 0) is 16.6 Å². The average molecular weight is 319 g/mol. The number of benzene rings is 1. The van der Waals surface area contributed by atoms with E-state index in [9.17, 15) is 8.42 Å². The molecule has 0 bridgehead atoms. The van der Waals surface area contributed by atoms with Crippen LogP contribution in [0.15, 0.2) is 23.1 Å². The van der Waals surface area contributed by atoms with Crippen LogP contribution >= 0.6 is 11.6 Å². The number of nitrogens with one attached hydrogen (secondary N) is 1. The van der Waals surface area contributed by atoms with Crippen molar-refractivity contribution in [1.29, 1.82) is 0 Å². The molecule has 0 saturated carbocycles. The van der Waals surface area contributed by atoms with Crippen LogP contribution in [0.5, 0.6) is 0 Å². The lowest BCUT2D eigenvalue weighted by atomic mass is 9.91. The second-order valence-electron chi connectivity index (χ2n) is 4.90. The van der Waals surface area contributed by atoms with Gasteiger partial charge in [0.1, 0.15) is 0 Å². The molecule has 20 heavy (non-hydrogen) atoms. The van der Waals surface area contributed by atoms with Gasteiger partial charge in [-0.15, -0.1) is 0 Å². The first-order valence-electron chi connectivity index (χ1n) is 6.86. The van der Waals surface area contributed by atoms with Gasteiger partial charge in [0.25, 0.3) is 0 Å². The fourth-order valence-corrected chi connectivity index (χ4v) is 4.05. The number of rotatable bonds is 7. The first kappa shape index (κ1) is 17.4. The number of sulfonamides is 1. The van der Waals surface area contributed by atoms with Gasteiger partial charge in [-0.3, -0.25) is 0 Å². The second-order valence-corrected chi connectivity index (χ2v) is 6.99. The van der Waals surface area contributed by atoms with Gasteiger partial charge in [0.05, 0.1) is 4.90 Å². The summed E-state index contributed by atoms with van der Waals surface area (Å²) in [6.45, 7) is 6.18. The highest BCUT2D eigenvalue weighted by Gasteiger charge is 2.30. The fourth-order valence-electron chi connectivity index (χ4n) is 2.19. The summed E-state index contributed by atoms with van der Waals surface area (Å²) in [7, 11) is -3.57. The number of hydrogen-bond donors (Lipinski definition) is 2. The standard InChI is InChI=1S/C14H23ClN2O2S/c1-4-14(5-2,6-3)17-20(18,19)12-7-8-13(15)11(9-12)10-16/h7-9,17H,4-6,10,16H2,1-3H3. The summed E-state index contributed by atoms with van der Waals surface area (Å²) < 4.78 is 27.8. The van der Waals surface area contributed by atoms with Crippen LogP contribution in [-0.4, -0.2) is 14.0 Å². The van der Waals surface area contributed by atoms with Gasteiger partial charge in [0.2, 0.25) is 10.0 Å². The molecule has 0 spiro atoms. The van der Waals surface area contributed by atoms with Gasteiger partial charge in [-0.25, -0.2) is 13.1 Å². The summed E-state index contributed by atoms with van der Waals surface area (Å²) >= 11 is 5.97. The van der Waals surface area contributed by atoms with Gasteiger partial charge in [-0.1, -0.05) is 32.4 Å². The zero-order valence-electron chi connectivity index (χ0n) is 12.2. The van der Waals surface area contributed by atoms with E-state index in [2.05, 4.69) is 4.72 Å². The van der Waals surface area contributed by atoms with Crippen LogP contribution in [0.25, 0.3) is 0 Å². The molecule has 0 fully saturated rings. The molecule has 0 unspecified atom stereocenters. The molecule has 3 N–H and O–H groups in total. The van der Waals surface area contributed by atoms with Crippen molar-refractivity contribution in [2.75, 3.05) is 0 Å². The Hall–Kier alpha value is -0.620. The molecule has 0 aliphatic rings.